The molecule has 0 aliphatic carbocycles. The van der Waals surface area contributed by atoms with E-state index in [9.17, 15) is 9.59 Å². The third kappa shape index (κ3) is 5.01. The highest BCUT2D eigenvalue weighted by atomic mass is 35.5. The van der Waals surface area contributed by atoms with Gasteiger partial charge in [-0.3, -0.25) is 19.5 Å². The summed E-state index contributed by atoms with van der Waals surface area (Å²) in [5.74, 6) is -0.427. The van der Waals surface area contributed by atoms with Gasteiger partial charge in [0.2, 0.25) is 0 Å². The summed E-state index contributed by atoms with van der Waals surface area (Å²) in [6, 6.07) is 34.8. The van der Waals surface area contributed by atoms with Crippen molar-refractivity contribution >= 4 is 51.6 Å². The first-order valence-corrected chi connectivity index (χ1v) is 13.8. The third-order valence-electron chi connectivity index (χ3n) is 6.72. The van der Waals surface area contributed by atoms with Crippen LogP contribution in [0.3, 0.4) is 0 Å². The Labute approximate surface area is 236 Å². The molecule has 0 unspecified atom stereocenters. The van der Waals surface area contributed by atoms with E-state index in [1.807, 2.05) is 109 Å². The molecule has 2 aliphatic heterocycles. The summed E-state index contributed by atoms with van der Waals surface area (Å²) in [6.45, 7) is 1.12. The Bertz CT molecular complexity index is 1620. The lowest BCUT2D eigenvalue weighted by atomic mass is 10.1. The Balaban J connectivity index is 1.40. The van der Waals surface area contributed by atoms with Gasteiger partial charge in [-0.15, -0.1) is 0 Å². The number of amidine groups is 1. The molecular weight excluding hydrogens is 526 g/mol. The third-order valence-corrected chi connectivity index (χ3v) is 8.21. The monoisotopic (exact) mass is 549 g/mol. The van der Waals surface area contributed by atoms with Crippen LogP contribution >= 0.6 is 23.4 Å². The molecule has 0 saturated carbocycles. The first-order valence-electron chi connectivity index (χ1n) is 12.6. The Morgan fingerprint density at radius 2 is 1.31 bits per heavy atom. The molecule has 6 rings (SSSR count). The van der Waals surface area contributed by atoms with Gasteiger partial charge in [0.05, 0.1) is 35.8 Å². The fourth-order valence-electron chi connectivity index (χ4n) is 4.78. The predicted octanol–water partition coefficient (Wildman–Crippen LogP) is 6.93. The predicted molar refractivity (Wildman–Crippen MR) is 158 cm³/mol. The minimum absolute atomic E-state index is 0.212. The van der Waals surface area contributed by atoms with Crippen molar-refractivity contribution in [3.05, 3.63) is 141 Å². The maximum Gasteiger partial charge on any atom is 0.267 e. The second-order valence-corrected chi connectivity index (χ2v) is 10.7. The average molecular weight is 550 g/mol. The zero-order chi connectivity index (χ0) is 26.8. The van der Waals surface area contributed by atoms with Crippen LogP contribution in [0.1, 0.15) is 22.3 Å². The molecule has 0 spiro atoms. The number of nitrogens with zero attached hydrogens (tertiary/aromatic N) is 3. The number of benzene rings is 4. The SMILES string of the molecule is O=C1/C(=C2\C(=O)N(Cc3ccccc3Cl)c3ccccc32)SC(=NCc2ccccc2)N1Cc1ccccc1. The molecule has 0 atom stereocenters. The van der Waals surface area contributed by atoms with Crippen molar-refractivity contribution < 1.29 is 9.59 Å². The second-order valence-electron chi connectivity index (χ2n) is 9.27. The summed E-state index contributed by atoms with van der Waals surface area (Å²) in [5.41, 5.74) is 4.80. The van der Waals surface area contributed by atoms with Crippen LogP contribution in [-0.2, 0) is 29.2 Å². The van der Waals surface area contributed by atoms with Crippen molar-refractivity contribution in [1.82, 2.24) is 4.90 Å². The van der Waals surface area contributed by atoms with Crippen molar-refractivity contribution in [3.63, 3.8) is 0 Å². The van der Waals surface area contributed by atoms with Gasteiger partial charge in [0.25, 0.3) is 11.8 Å². The number of anilines is 1. The molecule has 4 aromatic carbocycles. The Morgan fingerprint density at radius 1 is 0.667 bits per heavy atom. The molecule has 2 aliphatic rings. The zero-order valence-electron chi connectivity index (χ0n) is 21.0. The molecule has 4 aromatic rings. The topological polar surface area (TPSA) is 53.0 Å². The number of carbonyl (C=O) groups excluding carboxylic acids is 2. The van der Waals surface area contributed by atoms with Crippen molar-refractivity contribution in [3.8, 4) is 0 Å². The van der Waals surface area contributed by atoms with Crippen LogP contribution in [0, 0.1) is 0 Å². The number of carbonyl (C=O) groups is 2. The van der Waals surface area contributed by atoms with Crippen LogP contribution in [0.25, 0.3) is 5.57 Å². The standard InChI is InChI=1S/C32H24ClN3O2S/c33-26-17-9-7-15-24(26)21-35-27-18-10-8-16-25(27)28(30(35)37)29-31(38)36(20-23-13-5-2-6-14-23)32(39-29)34-19-22-11-3-1-4-12-22/h1-18H,19-21H2/b29-28+,34-32?. The molecule has 2 amide bonds. The number of thioether (sulfide) groups is 1. The van der Waals surface area contributed by atoms with E-state index in [1.54, 1.807) is 9.80 Å². The van der Waals surface area contributed by atoms with Crippen LogP contribution in [-0.4, -0.2) is 21.9 Å². The van der Waals surface area contributed by atoms with Crippen LogP contribution < -0.4 is 4.90 Å². The molecule has 2 heterocycles. The molecule has 7 heteroatoms. The van der Waals surface area contributed by atoms with Gasteiger partial charge < -0.3 is 4.90 Å². The van der Waals surface area contributed by atoms with E-state index < -0.39 is 0 Å². The second kappa shape index (κ2) is 10.9. The van der Waals surface area contributed by atoms with Crippen molar-refractivity contribution in [2.24, 2.45) is 4.99 Å². The summed E-state index contributed by atoms with van der Waals surface area (Å²) in [6.07, 6.45) is 0. The molecule has 192 valence electrons. The highest BCUT2D eigenvalue weighted by Crippen LogP contribution is 2.45. The quantitative estimate of drug-likeness (QED) is 0.245. The summed E-state index contributed by atoms with van der Waals surface area (Å²) >= 11 is 7.71. The average Bonchev–Trinajstić information content (AvgIpc) is 3.42. The van der Waals surface area contributed by atoms with E-state index in [0.717, 1.165) is 27.9 Å². The van der Waals surface area contributed by atoms with Crippen molar-refractivity contribution in [2.45, 2.75) is 19.6 Å². The van der Waals surface area contributed by atoms with Gasteiger partial charge in [0, 0.05) is 10.6 Å². The van der Waals surface area contributed by atoms with E-state index >= 15 is 0 Å². The zero-order valence-corrected chi connectivity index (χ0v) is 22.5. The maximum absolute atomic E-state index is 14.0. The van der Waals surface area contributed by atoms with Gasteiger partial charge in [-0.2, -0.15) is 0 Å². The van der Waals surface area contributed by atoms with Crippen LogP contribution in [0.4, 0.5) is 5.69 Å². The normalized spacial score (nSPS) is 17.8. The van der Waals surface area contributed by atoms with Gasteiger partial charge in [-0.25, -0.2) is 0 Å². The Kier molecular flexibility index (Phi) is 7.05. The number of halogens is 1. The molecule has 0 bridgehead atoms. The highest BCUT2D eigenvalue weighted by molar-refractivity contribution is 8.18. The molecule has 39 heavy (non-hydrogen) atoms. The van der Waals surface area contributed by atoms with E-state index in [1.165, 1.54) is 11.8 Å². The molecular formula is C32H24ClN3O2S. The van der Waals surface area contributed by atoms with Gasteiger partial charge >= 0.3 is 0 Å². The van der Waals surface area contributed by atoms with Crippen LogP contribution in [0.2, 0.25) is 5.02 Å². The first kappa shape index (κ1) is 25.2. The number of rotatable bonds is 6. The van der Waals surface area contributed by atoms with Gasteiger partial charge in [0.1, 0.15) is 0 Å². The van der Waals surface area contributed by atoms with Gasteiger partial charge in [-0.1, -0.05) is 109 Å². The largest absolute Gasteiger partial charge is 0.303 e. The lowest BCUT2D eigenvalue weighted by Crippen LogP contribution is -2.30. The highest BCUT2D eigenvalue weighted by Gasteiger charge is 2.42. The summed E-state index contributed by atoms with van der Waals surface area (Å²) in [7, 11) is 0. The molecule has 1 fully saturated rings. The minimum atomic E-state index is -0.214. The van der Waals surface area contributed by atoms with E-state index in [-0.39, 0.29) is 11.8 Å². The summed E-state index contributed by atoms with van der Waals surface area (Å²) in [4.78, 5) is 36.5. The maximum atomic E-state index is 14.0. The van der Waals surface area contributed by atoms with Crippen LogP contribution in [0.15, 0.2) is 119 Å². The molecule has 5 nitrogen and oxygen atoms in total. The summed E-state index contributed by atoms with van der Waals surface area (Å²) in [5, 5.41) is 1.18. The van der Waals surface area contributed by atoms with Gasteiger partial charge in [-0.05, 0) is 40.6 Å². The summed E-state index contributed by atoms with van der Waals surface area (Å²) < 4.78 is 0. The molecule has 0 aromatic heterocycles. The van der Waals surface area contributed by atoms with Gasteiger partial charge in [0.15, 0.2) is 5.17 Å². The number of fused-ring (bicyclic) bond motifs is 1. The fraction of sp³-hybridized carbons (Fsp3) is 0.0938. The van der Waals surface area contributed by atoms with E-state index in [2.05, 4.69) is 0 Å². The lowest BCUT2D eigenvalue weighted by molar-refractivity contribution is -0.123. The van der Waals surface area contributed by atoms with E-state index in [4.69, 9.17) is 16.6 Å². The number of amides is 2. The molecule has 0 N–H and O–H groups in total. The lowest BCUT2D eigenvalue weighted by Gasteiger charge is -2.18. The minimum Gasteiger partial charge on any atom is -0.303 e. The number of para-hydroxylation sites is 1. The molecule has 1 saturated heterocycles. The first-order chi connectivity index (χ1) is 19.1. The Morgan fingerprint density at radius 3 is 2.05 bits per heavy atom. The number of hydrogen-bond donors (Lipinski definition) is 0. The Hall–Kier alpha value is -4.13. The van der Waals surface area contributed by atoms with E-state index in [0.29, 0.717) is 40.3 Å². The smallest absolute Gasteiger partial charge is 0.267 e. The molecule has 0 radical (unpaired) electrons. The fourth-order valence-corrected chi connectivity index (χ4v) is 6.04. The van der Waals surface area contributed by atoms with Crippen LogP contribution in [0.5, 0.6) is 0 Å². The number of aliphatic imine (C=N–C) groups is 1. The van der Waals surface area contributed by atoms with Crippen molar-refractivity contribution in [1.29, 1.82) is 0 Å². The number of hydrogen-bond acceptors (Lipinski definition) is 4. The van der Waals surface area contributed by atoms with Crippen molar-refractivity contribution in [2.75, 3.05) is 4.90 Å².